The maximum absolute atomic E-state index is 13.0. The van der Waals surface area contributed by atoms with Crippen molar-refractivity contribution in [2.45, 2.75) is 26.7 Å². The maximum Gasteiger partial charge on any atom is 0.262 e. The number of rotatable bonds is 9. The smallest absolute Gasteiger partial charge is 0.262 e. The first kappa shape index (κ1) is 25.5. The first-order valence-corrected chi connectivity index (χ1v) is 12.2. The lowest BCUT2D eigenvalue weighted by molar-refractivity contribution is -0.118. The minimum atomic E-state index is -0.340. The summed E-state index contributed by atoms with van der Waals surface area (Å²) in [5, 5.41) is 9.02. The highest BCUT2D eigenvalue weighted by molar-refractivity contribution is 6.10. The largest absolute Gasteiger partial charge is 0.483 e. The SMILES string of the molecule is Cc1ccc(C(C)C)c(OCC(=O)Nc2ccccc2C(=O)Nc2ccc(Nc3ccccc3)cc2)c1. The van der Waals surface area contributed by atoms with Gasteiger partial charge in [-0.3, -0.25) is 9.59 Å². The molecule has 4 aromatic carbocycles. The van der Waals surface area contributed by atoms with Crippen LogP contribution in [0.1, 0.15) is 41.3 Å². The minimum absolute atomic E-state index is 0.158. The highest BCUT2D eigenvalue weighted by Gasteiger charge is 2.15. The number of nitrogens with one attached hydrogen (secondary N) is 3. The molecule has 3 N–H and O–H groups in total. The van der Waals surface area contributed by atoms with Crippen LogP contribution in [-0.4, -0.2) is 18.4 Å². The molecule has 0 saturated heterocycles. The molecule has 0 heterocycles. The van der Waals surface area contributed by atoms with E-state index >= 15 is 0 Å². The third-order valence-electron chi connectivity index (χ3n) is 5.80. The molecule has 0 aliphatic heterocycles. The fourth-order valence-electron chi connectivity index (χ4n) is 3.89. The standard InChI is InChI=1S/C31H31N3O3/c1-21(2)26-18-13-22(3)19-29(26)37-20-30(35)34-28-12-8-7-11-27(28)31(36)33-25-16-14-24(15-17-25)32-23-9-5-4-6-10-23/h4-19,21,32H,20H2,1-3H3,(H,33,36)(H,34,35). The van der Waals surface area contributed by atoms with Crippen LogP contribution in [0.15, 0.2) is 97.1 Å². The Labute approximate surface area is 217 Å². The Morgan fingerprint density at radius 2 is 1.41 bits per heavy atom. The average Bonchev–Trinajstić information content (AvgIpc) is 2.89. The third-order valence-corrected chi connectivity index (χ3v) is 5.80. The van der Waals surface area contributed by atoms with Crippen molar-refractivity contribution in [1.29, 1.82) is 0 Å². The van der Waals surface area contributed by atoms with E-state index in [0.29, 0.717) is 22.7 Å². The molecule has 6 nitrogen and oxygen atoms in total. The first-order valence-electron chi connectivity index (χ1n) is 12.2. The molecule has 6 heteroatoms. The van der Waals surface area contributed by atoms with Crippen LogP contribution < -0.4 is 20.7 Å². The van der Waals surface area contributed by atoms with E-state index in [2.05, 4.69) is 29.8 Å². The molecule has 37 heavy (non-hydrogen) atoms. The zero-order valence-electron chi connectivity index (χ0n) is 21.2. The lowest BCUT2D eigenvalue weighted by Crippen LogP contribution is -2.23. The predicted molar refractivity (Wildman–Crippen MR) is 150 cm³/mol. The molecule has 0 bridgehead atoms. The molecule has 0 atom stereocenters. The molecule has 4 rings (SSSR count). The normalized spacial score (nSPS) is 10.6. The molecule has 0 fully saturated rings. The zero-order chi connectivity index (χ0) is 26.2. The number of amides is 2. The molecular formula is C31H31N3O3. The first-order chi connectivity index (χ1) is 17.9. The summed E-state index contributed by atoms with van der Waals surface area (Å²) in [7, 11) is 0. The number of benzene rings is 4. The summed E-state index contributed by atoms with van der Waals surface area (Å²) in [6.45, 7) is 5.99. The molecular weight excluding hydrogens is 462 g/mol. The molecule has 0 saturated carbocycles. The van der Waals surface area contributed by atoms with E-state index in [0.717, 1.165) is 22.5 Å². The number of carbonyl (C=O) groups excluding carboxylic acids is 2. The highest BCUT2D eigenvalue weighted by atomic mass is 16.5. The third kappa shape index (κ3) is 6.98. The molecule has 4 aromatic rings. The van der Waals surface area contributed by atoms with Crippen LogP contribution in [0.2, 0.25) is 0 Å². The van der Waals surface area contributed by atoms with Crippen molar-refractivity contribution in [2.75, 3.05) is 22.6 Å². The van der Waals surface area contributed by atoms with E-state index in [1.165, 1.54) is 0 Å². The number of anilines is 4. The summed E-state index contributed by atoms with van der Waals surface area (Å²) in [4.78, 5) is 25.7. The van der Waals surface area contributed by atoms with E-state index in [-0.39, 0.29) is 24.3 Å². The van der Waals surface area contributed by atoms with Gasteiger partial charge in [0.2, 0.25) is 0 Å². The number of hydrogen-bond acceptors (Lipinski definition) is 4. The van der Waals surface area contributed by atoms with Crippen LogP contribution >= 0.6 is 0 Å². The van der Waals surface area contributed by atoms with Crippen LogP contribution in [-0.2, 0) is 4.79 Å². The summed E-state index contributed by atoms with van der Waals surface area (Å²) in [6.07, 6.45) is 0. The van der Waals surface area contributed by atoms with Crippen molar-refractivity contribution in [3.8, 4) is 5.75 Å². The van der Waals surface area contributed by atoms with Crippen molar-refractivity contribution in [3.63, 3.8) is 0 Å². The molecule has 0 aromatic heterocycles. The van der Waals surface area contributed by atoms with Crippen LogP contribution in [0, 0.1) is 6.92 Å². The molecule has 0 aliphatic rings. The van der Waals surface area contributed by atoms with E-state index in [1.807, 2.05) is 79.7 Å². The van der Waals surface area contributed by atoms with Gasteiger partial charge in [-0.25, -0.2) is 0 Å². The Morgan fingerprint density at radius 3 is 2.14 bits per heavy atom. The Bertz CT molecular complexity index is 1370. The Balaban J connectivity index is 1.38. The topological polar surface area (TPSA) is 79.5 Å². The predicted octanol–water partition coefficient (Wildman–Crippen LogP) is 7.13. The molecule has 0 aliphatic carbocycles. The Kier molecular flexibility index (Phi) is 8.21. The van der Waals surface area contributed by atoms with Gasteiger partial charge in [0.15, 0.2) is 6.61 Å². The lowest BCUT2D eigenvalue weighted by atomic mass is 10.0. The second kappa shape index (κ2) is 11.9. The molecule has 0 radical (unpaired) electrons. The summed E-state index contributed by atoms with van der Waals surface area (Å²) < 4.78 is 5.84. The Morgan fingerprint density at radius 1 is 0.757 bits per heavy atom. The zero-order valence-corrected chi connectivity index (χ0v) is 21.2. The van der Waals surface area contributed by atoms with Crippen LogP contribution in [0.3, 0.4) is 0 Å². The molecule has 188 valence electrons. The van der Waals surface area contributed by atoms with Crippen LogP contribution in [0.25, 0.3) is 0 Å². The number of aryl methyl sites for hydroxylation is 1. The average molecular weight is 494 g/mol. The van der Waals surface area contributed by atoms with Gasteiger partial charge in [0.05, 0.1) is 11.3 Å². The van der Waals surface area contributed by atoms with Crippen LogP contribution in [0.4, 0.5) is 22.7 Å². The highest BCUT2D eigenvalue weighted by Crippen LogP contribution is 2.27. The quantitative estimate of drug-likeness (QED) is 0.232. The maximum atomic E-state index is 13.0. The van der Waals surface area contributed by atoms with E-state index in [9.17, 15) is 9.59 Å². The summed E-state index contributed by atoms with van der Waals surface area (Å²) in [5.41, 5.74) is 5.43. The van der Waals surface area contributed by atoms with Gasteiger partial charge in [-0.15, -0.1) is 0 Å². The molecule has 2 amide bonds. The minimum Gasteiger partial charge on any atom is -0.483 e. The van der Waals surface area contributed by atoms with Gasteiger partial charge >= 0.3 is 0 Å². The molecule has 0 spiro atoms. The summed E-state index contributed by atoms with van der Waals surface area (Å²) in [5.74, 6) is 0.307. The lowest BCUT2D eigenvalue weighted by Gasteiger charge is -2.15. The van der Waals surface area contributed by atoms with Gasteiger partial charge in [0.25, 0.3) is 11.8 Å². The second-order valence-corrected chi connectivity index (χ2v) is 9.10. The van der Waals surface area contributed by atoms with E-state index in [1.54, 1.807) is 24.3 Å². The van der Waals surface area contributed by atoms with Gasteiger partial charge in [-0.2, -0.15) is 0 Å². The summed E-state index contributed by atoms with van der Waals surface area (Å²) in [6, 6.07) is 30.2. The van der Waals surface area contributed by atoms with Crippen molar-refractivity contribution < 1.29 is 14.3 Å². The number of para-hydroxylation sites is 2. The van der Waals surface area contributed by atoms with E-state index in [4.69, 9.17) is 4.74 Å². The number of hydrogen-bond donors (Lipinski definition) is 3. The second-order valence-electron chi connectivity index (χ2n) is 9.10. The fraction of sp³-hybridized carbons (Fsp3) is 0.161. The van der Waals surface area contributed by atoms with Gasteiger partial charge < -0.3 is 20.7 Å². The van der Waals surface area contributed by atoms with Crippen molar-refractivity contribution in [3.05, 3.63) is 114 Å². The molecule has 0 unspecified atom stereocenters. The van der Waals surface area contributed by atoms with Gasteiger partial charge in [-0.1, -0.05) is 56.3 Å². The van der Waals surface area contributed by atoms with Crippen LogP contribution in [0.5, 0.6) is 5.75 Å². The van der Waals surface area contributed by atoms with Crippen molar-refractivity contribution >= 4 is 34.6 Å². The monoisotopic (exact) mass is 493 g/mol. The number of carbonyl (C=O) groups is 2. The van der Waals surface area contributed by atoms with E-state index < -0.39 is 0 Å². The van der Waals surface area contributed by atoms with Crippen molar-refractivity contribution in [2.24, 2.45) is 0 Å². The fourth-order valence-corrected chi connectivity index (χ4v) is 3.89. The van der Waals surface area contributed by atoms with Gasteiger partial charge in [-0.05, 0) is 78.6 Å². The van der Waals surface area contributed by atoms with Gasteiger partial charge in [0, 0.05) is 17.1 Å². The summed E-state index contributed by atoms with van der Waals surface area (Å²) >= 11 is 0. The van der Waals surface area contributed by atoms with Crippen molar-refractivity contribution in [1.82, 2.24) is 0 Å². The Hall–Kier alpha value is -4.58. The number of ether oxygens (including phenoxy) is 1. The van der Waals surface area contributed by atoms with Gasteiger partial charge in [0.1, 0.15) is 5.75 Å².